The van der Waals surface area contributed by atoms with Gasteiger partial charge in [-0.3, -0.25) is 0 Å². The van der Waals surface area contributed by atoms with E-state index in [1.54, 1.807) is 43.3 Å². The third kappa shape index (κ3) is 5.79. The number of esters is 1. The molecule has 0 saturated carbocycles. The van der Waals surface area contributed by atoms with Crippen LogP contribution < -0.4 is 4.74 Å². The quantitative estimate of drug-likeness (QED) is 0.349. The second-order valence-electron chi connectivity index (χ2n) is 6.32. The zero-order valence-electron chi connectivity index (χ0n) is 17.6. The highest BCUT2D eigenvalue weighted by molar-refractivity contribution is 6.43. The summed E-state index contributed by atoms with van der Waals surface area (Å²) in [6.45, 7) is 4.99. The molecule has 0 saturated heterocycles. The van der Waals surface area contributed by atoms with Crippen molar-refractivity contribution >= 4 is 17.4 Å². The molecule has 1 atom stereocenters. The van der Waals surface area contributed by atoms with Crippen molar-refractivity contribution < 1.29 is 28.3 Å². The average molecular weight is 416 g/mol. The average Bonchev–Trinajstić information content (AvgIpc) is 2.72. The van der Waals surface area contributed by atoms with Gasteiger partial charge >= 0.3 is 5.97 Å². The molecule has 0 aliphatic carbocycles. The minimum Gasteiger partial charge on any atom is -0.464 e. The first-order valence-corrected chi connectivity index (χ1v) is 9.24. The number of ether oxygens (including phenoxy) is 2. The van der Waals surface area contributed by atoms with Crippen LogP contribution in [-0.4, -0.2) is 38.0 Å². The summed E-state index contributed by atoms with van der Waals surface area (Å²) in [6.07, 6.45) is -1.45. The number of hydrogen-bond acceptors (Lipinski definition) is 7. The standard InChI is InChI=1S/C22H25FN2O5/c1-14-9-8-11-18(21(25-28-5)22(26)27-4)19(14)13-29-24-15(2)17-10-6-7-12-20(17)30-16(3)23/h6-12,16H,13H2,1-5H3/b24-15+,25-21+. The first-order chi connectivity index (χ1) is 14.4. The van der Waals surface area contributed by atoms with Gasteiger partial charge < -0.3 is 19.1 Å². The minimum atomic E-state index is -1.45. The maximum absolute atomic E-state index is 13.3. The van der Waals surface area contributed by atoms with Gasteiger partial charge in [0, 0.05) is 23.6 Å². The van der Waals surface area contributed by atoms with E-state index in [0.29, 0.717) is 28.2 Å². The fourth-order valence-electron chi connectivity index (χ4n) is 2.79. The summed E-state index contributed by atoms with van der Waals surface area (Å²) < 4.78 is 23.3. The Morgan fingerprint density at radius 3 is 2.43 bits per heavy atom. The molecule has 8 heteroatoms. The Bertz CT molecular complexity index is 941. The number of carbonyl (C=O) groups is 1. The van der Waals surface area contributed by atoms with Crippen LogP contribution in [0.4, 0.5) is 4.39 Å². The Morgan fingerprint density at radius 1 is 1.07 bits per heavy atom. The van der Waals surface area contributed by atoms with Crippen LogP contribution in [0.5, 0.6) is 5.75 Å². The van der Waals surface area contributed by atoms with Crippen molar-refractivity contribution in [3.63, 3.8) is 0 Å². The molecule has 160 valence electrons. The smallest absolute Gasteiger partial charge is 0.360 e. The molecule has 0 spiro atoms. The maximum atomic E-state index is 13.3. The van der Waals surface area contributed by atoms with Crippen molar-refractivity contribution in [2.24, 2.45) is 10.3 Å². The number of halogens is 1. The van der Waals surface area contributed by atoms with Crippen LogP contribution in [0.1, 0.15) is 36.1 Å². The van der Waals surface area contributed by atoms with E-state index in [2.05, 4.69) is 10.3 Å². The zero-order chi connectivity index (χ0) is 22.1. The number of carbonyl (C=O) groups excluding carboxylic acids is 1. The number of oxime groups is 2. The molecule has 0 heterocycles. The predicted molar refractivity (Wildman–Crippen MR) is 111 cm³/mol. The fourth-order valence-corrected chi connectivity index (χ4v) is 2.79. The van der Waals surface area contributed by atoms with Crippen LogP contribution in [-0.2, 0) is 25.8 Å². The third-order valence-corrected chi connectivity index (χ3v) is 4.20. The molecular formula is C22H25FN2O5. The number of nitrogens with zero attached hydrogens (tertiary/aromatic N) is 2. The molecule has 0 radical (unpaired) electrons. The number of alkyl halides is 1. The number of para-hydroxylation sites is 1. The van der Waals surface area contributed by atoms with Gasteiger partial charge in [-0.15, -0.1) is 0 Å². The monoisotopic (exact) mass is 416 g/mol. The van der Waals surface area contributed by atoms with Gasteiger partial charge in [0.15, 0.2) is 5.71 Å². The van der Waals surface area contributed by atoms with Gasteiger partial charge in [-0.1, -0.05) is 40.6 Å². The number of methoxy groups -OCH3 is 1. The van der Waals surface area contributed by atoms with Crippen molar-refractivity contribution in [2.75, 3.05) is 14.2 Å². The van der Waals surface area contributed by atoms with Gasteiger partial charge in [0.05, 0.1) is 12.8 Å². The Kier molecular flexibility index (Phi) is 8.34. The van der Waals surface area contributed by atoms with Crippen molar-refractivity contribution in [3.8, 4) is 5.75 Å². The van der Waals surface area contributed by atoms with Crippen LogP contribution in [0.3, 0.4) is 0 Å². The first kappa shape index (κ1) is 22.9. The highest BCUT2D eigenvalue weighted by atomic mass is 19.1. The van der Waals surface area contributed by atoms with Gasteiger partial charge in [-0.25, -0.2) is 9.18 Å². The van der Waals surface area contributed by atoms with E-state index in [0.717, 1.165) is 5.56 Å². The normalized spacial score (nSPS) is 12.9. The second kappa shape index (κ2) is 10.9. The Labute approximate surface area is 175 Å². The number of aryl methyl sites for hydroxylation is 1. The van der Waals surface area contributed by atoms with Crippen LogP contribution in [0, 0.1) is 6.92 Å². The molecular weight excluding hydrogens is 391 g/mol. The first-order valence-electron chi connectivity index (χ1n) is 9.24. The molecule has 0 N–H and O–H groups in total. The summed E-state index contributed by atoms with van der Waals surface area (Å²) in [7, 11) is 2.62. The molecule has 0 aliphatic heterocycles. The van der Waals surface area contributed by atoms with E-state index >= 15 is 0 Å². The molecule has 2 rings (SSSR count). The summed E-state index contributed by atoms with van der Waals surface area (Å²) >= 11 is 0. The van der Waals surface area contributed by atoms with E-state index in [1.807, 2.05) is 13.0 Å². The third-order valence-electron chi connectivity index (χ3n) is 4.20. The Morgan fingerprint density at radius 2 is 1.77 bits per heavy atom. The Balaban J connectivity index is 2.29. The maximum Gasteiger partial charge on any atom is 0.360 e. The largest absolute Gasteiger partial charge is 0.464 e. The van der Waals surface area contributed by atoms with E-state index < -0.39 is 12.3 Å². The van der Waals surface area contributed by atoms with Gasteiger partial charge in [0.25, 0.3) is 0 Å². The zero-order valence-corrected chi connectivity index (χ0v) is 17.6. The number of rotatable bonds is 9. The van der Waals surface area contributed by atoms with Crippen molar-refractivity contribution in [2.45, 2.75) is 33.7 Å². The lowest BCUT2D eigenvalue weighted by molar-refractivity contribution is -0.132. The van der Waals surface area contributed by atoms with Crippen LogP contribution >= 0.6 is 0 Å². The van der Waals surface area contributed by atoms with E-state index in [-0.39, 0.29) is 12.3 Å². The van der Waals surface area contributed by atoms with E-state index in [9.17, 15) is 9.18 Å². The lowest BCUT2D eigenvalue weighted by atomic mass is 9.99. The molecule has 30 heavy (non-hydrogen) atoms. The molecule has 0 aliphatic rings. The minimum absolute atomic E-state index is 0.0266. The number of hydrogen-bond donors (Lipinski definition) is 0. The van der Waals surface area contributed by atoms with Gasteiger partial charge in [0.2, 0.25) is 6.36 Å². The van der Waals surface area contributed by atoms with E-state index in [4.69, 9.17) is 19.1 Å². The molecule has 7 nitrogen and oxygen atoms in total. The molecule has 1 unspecified atom stereocenters. The van der Waals surface area contributed by atoms with Crippen LogP contribution in [0.25, 0.3) is 0 Å². The lowest BCUT2D eigenvalue weighted by Gasteiger charge is -2.13. The SMILES string of the molecule is CO/N=C(/C(=O)OC)c1cccc(C)c1CO/N=C(\C)c1ccccc1OC(C)F. The summed E-state index contributed by atoms with van der Waals surface area (Å²) in [5.74, 6) is -0.260. The van der Waals surface area contributed by atoms with Crippen molar-refractivity contribution in [3.05, 3.63) is 64.7 Å². The summed E-state index contributed by atoms with van der Waals surface area (Å²) in [6, 6.07) is 12.4. The van der Waals surface area contributed by atoms with Gasteiger partial charge in [-0.2, -0.15) is 0 Å². The topological polar surface area (TPSA) is 78.7 Å². The van der Waals surface area contributed by atoms with Crippen LogP contribution in [0.15, 0.2) is 52.8 Å². The molecule has 0 bridgehead atoms. The predicted octanol–water partition coefficient (Wildman–Crippen LogP) is 4.15. The highest BCUT2D eigenvalue weighted by Gasteiger charge is 2.20. The van der Waals surface area contributed by atoms with Crippen molar-refractivity contribution in [1.29, 1.82) is 0 Å². The molecule has 2 aromatic carbocycles. The molecule has 0 fully saturated rings. The van der Waals surface area contributed by atoms with E-state index in [1.165, 1.54) is 21.1 Å². The number of benzene rings is 2. The fraction of sp³-hybridized carbons (Fsp3) is 0.318. The lowest BCUT2D eigenvalue weighted by Crippen LogP contribution is -2.20. The summed E-state index contributed by atoms with van der Waals surface area (Å²) in [5.41, 5.74) is 3.26. The Hall–Kier alpha value is -3.42. The van der Waals surface area contributed by atoms with Crippen LogP contribution in [0.2, 0.25) is 0 Å². The van der Waals surface area contributed by atoms with Crippen molar-refractivity contribution in [1.82, 2.24) is 0 Å². The molecule has 2 aromatic rings. The summed E-state index contributed by atoms with van der Waals surface area (Å²) in [4.78, 5) is 22.5. The molecule has 0 amide bonds. The second-order valence-corrected chi connectivity index (χ2v) is 6.32. The highest BCUT2D eigenvalue weighted by Crippen LogP contribution is 2.22. The van der Waals surface area contributed by atoms with Gasteiger partial charge in [-0.05, 0) is 31.5 Å². The summed E-state index contributed by atoms with van der Waals surface area (Å²) in [5, 5.41) is 7.93. The van der Waals surface area contributed by atoms with Gasteiger partial charge in [0.1, 0.15) is 19.5 Å². The molecule has 0 aromatic heterocycles.